The number of amides is 1. The fourth-order valence-corrected chi connectivity index (χ4v) is 2.93. The lowest BCUT2D eigenvalue weighted by molar-refractivity contribution is -0.120. The number of rotatable bonds is 5. The number of benzene rings is 1. The van der Waals surface area contributed by atoms with Crippen LogP contribution in [0.25, 0.3) is 0 Å². The van der Waals surface area contributed by atoms with Crippen molar-refractivity contribution in [3.63, 3.8) is 0 Å². The topological polar surface area (TPSA) is 90.3 Å². The van der Waals surface area contributed by atoms with Gasteiger partial charge in [0.25, 0.3) is 0 Å². The van der Waals surface area contributed by atoms with E-state index in [-0.39, 0.29) is 29.5 Å². The first kappa shape index (κ1) is 15.1. The van der Waals surface area contributed by atoms with Crippen molar-refractivity contribution in [2.75, 3.05) is 20.1 Å². The van der Waals surface area contributed by atoms with E-state index in [1.54, 1.807) is 6.92 Å². The molecule has 1 aromatic rings. The summed E-state index contributed by atoms with van der Waals surface area (Å²) >= 11 is 0. The average molecular weight is 281 g/mol. The molecule has 0 unspecified atom stereocenters. The van der Waals surface area contributed by atoms with Crippen LogP contribution in [0.2, 0.25) is 0 Å². The minimum Gasteiger partial charge on any atom is -0.358 e. The maximum atomic E-state index is 12.3. The number of sulfonamides is 1. The molecule has 0 aliphatic heterocycles. The molecule has 6 nitrogen and oxygen atoms in total. The number of likely N-dealkylation sites (N-methyl/N-ethyl adjacent to an activating group) is 2. The number of nitriles is 1. The predicted molar refractivity (Wildman–Crippen MR) is 69.7 cm³/mol. The van der Waals surface area contributed by atoms with Crippen molar-refractivity contribution in [1.82, 2.24) is 9.62 Å². The first-order valence-electron chi connectivity index (χ1n) is 5.66. The SMILES string of the molecule is CCN(CC(=O)NC)S(=O)(=O)c1cccc(C#N)c1. The molecule has 0 saturated carbocycles. The van der Waals surface area contributed by atoms with Crippen molar-refractivity contribution >= 4 is 15.9 Å². The van der Waals surface area contributed by atoms with E-state index in [0.29, 0.717) is 0 Å². The van der Waals surface area contributed by atoms with E-state index >= 15 is 0 Å². The molecule has 0 spiro atoms. The second-order valence-corrected chi connectivity index (χ2v) is 5.68. The second kappa shape index (κ2) is 6.31. The maximum Gasteiger partial charge on any atom is 0.243 e. The maximum absolute atomic E-state index is 12.3. The van der Waals surface area contributed by atoms with Gasteiger partial charge in [0.1, 0.15) is 0 Å². The number of nitrogens with zero attached hydrogens (tertiary/aromatic N) is 2. The van der Waals surface area contributed by atoms with Crippen LogP contribution in [0.15, 0.2) is 29.2 Å². The van der Waals surface area contributed by atoms with Gasteiger partial charge in [-0.2, -0.15) is 9.57 Å². The minimum absolute atomic E-state index is 0.0114. The Balaban J connectivity index is 3.13. The van der Waals surface area contributed by atoms with Gasteiger partial charge in [0, 0.05) is 13.6 Å². The molecule has 0 fully saturated rings. The highest BCUT2D eigenvalue weighted by Gasteiger charge is 2.25. The van der Waals surface area contributed by atoms with Gasteiger partial charge in [0.15, 0.2) is 0 Å². The highest BCUT2D eigenvalue weighted by atomic mass is 32.2. The largest absolute Gasteiger partial charge is 0.358 e. The third-order valence-corrected chi connectivity index (χ3v) is 4.47. The van der Waals surface area contributed by atoms with E-state index in [0.717, 1.165) is 4.31 Å². The van der Waals surface area contributed by atoms with Crippen molar-refractivity contribution in [1.29, 1.82) is 5.26 Å². The highest BCUT2D eigenvalue weighted by molar-refractivity contribution is 7.89. The van der Waals surface area contributed by atoms with Gasteiger partial charge in [-0.25, -0.2) is 8.42 Å². The normalized spacial score (nSPS) is 11.1. The van der Waals surface area contributed by atoms with Crippen LogP contribution in [0, 0.1) is 11.3 Å². The van der Waals surface area contributed by atoms with Crippen LogP contribution in [-0.2, 0) is 14.8 Å². The van der Waals surface area contributed by atoms with Crippen LogP contribution in [0.4, 0.5) is 0 Å². The lowest BCUT2D eigenvalue weighted by Gasteiger charge is -2.19. The first-order valence-corrected chi connectivity index (χ1v) is 7.10. The molecule has 0 saturated heterocycles. The van der Waals surface area contributed by atoms with Gasteiger partial charge >= 0.3 is 0 Å². The van der Waals surface area contributed by atoms with Crippen LogP contribution >= 0.6 is 0 Å². The molecule has 0 bridgehead atoms. The van der Waals surface area contributed by atoms with Gasteiger partial charge in [-0.1, -0.05) is 13.0 Å². The Morgan fingerprint density at radius 1 is 1.47 bits per heavy atom. The van der Waals surface area contributed by atoms with Gasteiger partial charge < -0.3 is 5.32 Å². The van der Waals surface area contributed by atoms with E-state index in [1.165, 1.54) is 31.3 Å². The van der Waals surface area contributed by atoms with Gasteiger partial charge in [-0.15, -0.1) is 0 Å². The standard InChI is InChI=1S/C12H15N3O3S/c1-3-15(9-12(16)14-2)19(17,18)11-6-4-5-10(7-11)8-13/h4-7H,3,9H2,1-2H3,(H,14,16). The third kappa shape index (κ3) is 3.53. The quantitative estimate of drug-likeness (QED) is 0.841. The monoisotopic (exact) mass is 281 g/mol. The number of carbonyl (C=O) groups excluding carboxylic acids is 1. The van der Waals surface area contributed by atoms with Crippen molar-refractivity contribution in [2.45, 2.75) is 11.8 Å². The summed E-state index contributed by atoms with van der Waals surface area (Å²) in [7, 11) is -2.32. The molecule has 0 aliphatic carbocycles. The Labute approximate surface area is 112 Å². The van der Waals surface area contributed by atoms with Crippen molar-refractivity contribution in [3.8, 4) is 6.07 Å². The zero-order valence-electron chi connectivity index (χ0n) is 10.8. The van der Waals surface area contributed by atoms with Gasteiger partial charge in [0.2, 0.25) is 15.9 Å². The Hall–Kier alpha value is -1.91. The van der Waals surface area contributed by atoms with Crippen molar-refractivity contribution in [2.24, 2.45) is 0 Å². The summed E-state index contributed by atoms with van der Waals surface area (Å²) in [5, 5.41) is 11.2. The number of hydrogen-bond acceptors (Lipinski definition) is 4. The molecule has 0 radical (unpaired) electrons. The van der Waals surface area contributed by atoms with E-state index < -0.39 is 10.0 Å². The number of nitrogens with one attached hydrogen (secondary N) is 1. The molecule has 0 atom stereocenters. The van der Waals surface area contributed by atoms with Crippen LogP contribution in [-0.4, -0.2) is 38.8 Å². The van der Waals surface area contributed by atoms with E-state index in [2.05, 4.69) is 5.32 Å². The Bertz CT molecular complexity index is 605. The molecule has 0 aliphatic rings. The summed E-state index contributed by atoms with van der Waals surface area (Å²) in [4.78, 5) is 11.3. The number of hydrogen-bond donors (Lipinski definition) is 1. The molecule has 1 amide bonds. The molecular formula is C12H15N3O3S. The lowest BCUT2D eigenvalue weighted by Crippen LogP contribution is -2.39. The van der Waals surface area contributed by atoms with Crippen molar-refractivity contribution in [3.05, 3.63) is 29.8 Å². The Morgan fingerprint density at radius 2 is 2.16 bits per heavy atom. The van der Waals surface area contributed by atoms with E-state index in [9.17, 15) is 13.2 Å². The third-order valence-electron chi connectivity index (χ3n) is 2.55. The van der Waals surface area contributed by atoms with Crippen LogP contribution in [0.3, 0.4) is 0 Å². The molecule has 0 aromatic heterocycles. The fraction of sp³-hybridized carbons (Fsp3) is 0.333. The summed E-state index contributed by atoms with van der Waals surface area (Å²) < 4.78 is 25.7. The molecular weight excluding hydrogens is 266 g/mol. The minimum atomic E-state index is -3.77. The predicted octanol–water partition coefficient (Wildman–Crippen LogP) is 0.315. The smallest absolute Gasteiger partial charge is 0.243 e. The summed E-state index contributed by atoms with van der Waals surface area (Å²) in [6.07, 6.45) is 0. The Kier molecular flexibility index (Phi) is 5.03. The number of carbonyl (C=O) groups is 1. The van der Waals surface area contributed by atoms with Crippen LogP contribution < -0.4 is 5.32 Å². The summed E-state index contributed by atoms with van der Waals surface area (Å²) in [6.45, 7) is 1.58. The molecule has 0 heterocycles. The lowest BCUT2D eigenvalue weighted by atomic mass is 10.2. The summed E-state index contributed by atoms with van der Waals surface area (Å²) in [5.74, 6) is -0.387. The molecule has 102 valence electrons. The zero-order chi connectivity index (χ0) is 14.5. The molecule has 1 rings (SSSR count). The fourth-order valence-electron chi connectivity index (χ4n) is 1.48. The second-order valence-electron chi connectivity index (χ2n) is 3.74. The van der Waals surface area contributed by atoms with Crippen molar-refractivity contribution < 1.29 is 13.2 Å². The first-order chi connectivity index (χ1) is 8.95. The van der Waals surface area contributed by atoms with Gasteiger partial charge in [-0.3, -0.25) is 4.79 Å². The van der Waals surface area contributed by atoms with Gasteiger partial charge in [0.05, 0.1) is 23.1 Å². The van der Waals surface area contributed by atoms with E-state index in [1.807, 2.05) is 6.07 Å². The van der Waals surface area contributed by atoms with Crippen LogP contribution in [0.5, 0.6) is 0 Å². The Morgan fingerprint density at radius 3 is 2.68 bits per heavy atom. The molecule has 7 heteroatoms. The summed E-state index contributed by atoms with van der Waals surface area (Å²) in [5.41, 5.74) is 0.261. The molecule has 1 aromatic carbocycles. The van der Waals surface area contributed by atoms with Gasteiger partial charge in [-0.05, 0) is 18.2 Å². The molecule has 19 heavy (non-hydrogen) atoms. The summed E-state index contributed by atoms with van der Waals surface area (Å²) in [6, 6.07) is 7.61. The average Bonchev–Trinajstić information content (AvgIpc) is 2.44. The van der Waals surface area contributed by atoms with E-state index in [4.69, 9.17) is 5.26 Å². The van der Waals surface area contributed by atoms with Crippen LogP contribution in [0.1, 0.15) is 12.5 Å². The zero-order valence-corrected chi connectivity index (χ0v) is 11.6. The highest BCUT2D eigenvalue weighted by Crippen LogP contribution is 2.16. The molecule has 1 N–H and O–H groups in total.